The van der Waals surface area contributed by atoms with Gasteiger partial charge in [0.2, 0.25) is 0 Å². The molecule has 0 saturated carbocycles. The Hall–Kier alpha value is -3.33. The Balaban J connectivity index is 1.89. The molecule has 1 amide bonds. The monoisotopic (exact) mass is 408 g/mol. The highest BCUT2D eigenvalue weighted by molar-refractivity contribution is 6.32. The number of aryl methyl sites for hydroxylation is 1. The minimum absolute atomic E-state index is 0.00367. The summed E-state index contributed by atoms with van der Waals surface area (Å²) in [5.74, 6) is -1.06. The Kier molecular flexibility index (Phi) is 7.16. The molecule has 0 radical (unpaired) electrons. The Morgan fingerprint density at radius 2 is 1.89 bits per heavy atom. The molecule has 0 aliphatic carbocycles. The molecule has 2 rings (SSSR count). The normalized spacial score (nSPS) is 10.1. The summed E-state index contributed by atoms with van der Waals surface area (Å²) in [5, 5.41) is 13.8. The number of benzene rings is 2. The summed E-state index contributed by atoms with van der Waals surface area (Å²) >= 11 is 5.90. The van der Waals surface area contributed by atoms with Crippen LogP contribution >= 0.6 is 11.6 Å². The molecule has 0 aliphatic heterocycles. The molecule has 148 valence electrons. The first-order valence-electron chi connectivity index (χ1n) is 7.97. The molecule has 28 heavy (non-hydrogen) atoms. The lowest BCUT2D eigenvalue weighted by atomic mass is 10.1. The Morgan fingerprint density at radius 1 is 1.18 bits per heavy atom. The lowest BCUT2D eigenvalue weighted by Gasteiger charge is -2.11. The van der Waals surface area contributed by atoms with E-state index in [9.17, 15) is 19.7 Å². The molecule has 9 nitrogen and oxygen atoms in total. The van der Waals surface area contributed by atoms with E-state index in [1.807, 2.05) is 0 Å². The number of para-hydroxylation sites is 1. The summed E-state index contributed by atoms with van der Waals surface area (Å²) < 4.78 is 15.0. The van der Waals surface area contributed by atoms with E-state index in [0.29, 0.717) is 22.0 Å². The van der Waals surface area contributed by atoms with Gasteiger partial charge in [0.25, 0.3) is 5.91 Å². The van der Waals surface area contributed by atoms with Crippen molar-refractivity contribution in [1.82, 2.24) is 0 Å². The Morgan fingerprint density at radius 3 is 2.54 bits per heavy atom. The maximum Gasteiger partial charge on any atom is 0.344 e. The van der Waals surface area contributed by atoms with E-state index in [0.717, 1.165) is 0 Å². The van der Waals surface area contributed by atoms with Crippen molar-refractivity contribution in [3.63, 3.8) is 0 Å². The van der Waals surface area contributed by atoms with Crippen LogP contribution in [0.3, 0.4) is 0 Å². The van der Waals surface area contributed by atoms with Gasteiger partial charge in [-0.05, 0) is 24.6 Å². The second-order valence-electron chi connectivity index (χ2n) is 5.52. The van der Waals surface area contributed by atoms with E-state index in [1.54, 1.807) is 31.2 Å². The average molecular weight is 409 g/mol. The highest BCUT2D eigenvalue weighted by atomic mass is 35.5. The van der Waals surface area contributed by atoms with Gasteiger partial charge in [0.15, 0.2) is 19.0 Å². The molecule has 2 aromatic carbocycles. The van der Waals surface area contributed by atoms with Crippen LogP contribution in [0.2, 0.25) is 5.02 Å². The molecule has 0 bridgehead atoms. The van der Waals surface area contributed by atoms with Crippen LogP contribution in [0.25, 0.3) is 0 Å². The number of halogens is 1. The van der Waals surface area contributed by atoms with Gasteiger partial charge < -0.3 is 19.5 Å². The average Bonchev–Trinajstić information content (AvgIpc) is 2.66. The molecule has 0 aromatic heterocycles. The van der Waals surface area contributed by atoms with Crippen LogP contribution in [0.15, 0.2) is 36.4 Å². The number of hydrogen-bond donors (Lipinski definition) is 1. The van der Waals surface area contributed by atoms with E-state index in [1.165, 1.54) is 19.2 Å². The fourth-order valence-electron chi connectivity index (χ4n) is 2.19. The van der Waals surface area contributed by atoms with Gasteiger partial charge in [-0.2, -0.15) is 0 Å². The second kappa shape index (κ2) is 9.56. The standard InChI is InChI=1S/C18H17ClN2O7/c1-11-7-14(21(24)25)16(26-2)8-13(11)20-17(22)9-28-18(23)10-27-15-6-4-3-5-12(15)19/h3-8H,9-10H2,1-2H3,(H,20,22). The zero-order chi connectivity index (χ0) is 20.7. The van der Waals surface area contributed by atoms with E-state index in [-0.39, 0.29) is 11.4 Å². The number of nitrogens with one attached hydrogen (secondary N) is 1. The number of anilines is 1. The van der Waals surface area contributed by atoms with Crippen molar-refractivity contribution in [2.24, 2.45) is 0 Å². The minimum atomic E-state index is -0.756. The van der Waals surface area contributed by atoms with Gasteiger partial charge in [-0.25, -0.2) is 4.79 Å². The number of esters is 1. The molecule has 0 fully saturated rings. The van der Waals surface area contributed by atoms with Gasteiger partial charge in [-0.3, -0.25) is 14.9 Å². The van der Waals surface area contributed by atoms with Crippen LogP contribution in [-0.2, 0) is 14.3 Å². The first-order chi connectivity index (χ1) is 13.3. The second-order valence-corrected chi connectivity index (χ2v) is 5.93. The number of amides is 1. The number of nitro groups is 1. The van der Waals surface area contributed by atoms with E-state index in [2.05, 4.69) is 5.32 Å². The summed E-state index contributed by atoms with van der Waals surface area (Å²) in [5.41, 5.74) is 0.534. The highest BCUT2D eigenvalue weighted by Crippen LogP contribution is 2.32. The number of carbonyl (C=O) groups excluding carboxylic acids is 2. The smallest absolute Gasteiger partial charge is 0.344 e. The molecule has 0 unspecified atom stereocenters. The molecular weight excluding hydrogens is 392 g/mol. The SMILES string of the molecule is COc1cc(NC(=O)COC(=O)COc2ccccc2Cl)c(C)cc1[N+](=O)[O-]. The summed E-state index contributed by atoms with van der Waals surface area (Å²) in [6.07, 6.45) is 0. The van der Waals surface area contributed by atoms with Crippen LogP contribution in [-0.4, -0.2) is 37.1 Å². The predicted molar refractivity (Wildman–Crippen MR) is 101 cm³/mol. The first-order valence-corrected chi connectivity index (χ1v) is 8.35. The van der Waals surface area contributed by atoms with E-state index in [4.69, 9.17) is 25.8 Å². The van der Waals surface area contributed by atoms with Crippen molar-refractivity contribution in [3.8, 4) is 11.5 Å². The predicted octanol–water partition coefficient (Wildman–Crippen LogP) is 3.13. The van der Waals surface area contributed by atoms with Crippen molar-refractivity contribution in [2.45, 2.75) is 6.92 Å². The van der Waals surface area contributed by atoms with Gasteiger partial charge in [0, 0.05) is 17.8 Å². The lowest BCUT2D eigenvalue weighted by Crippen LogP contribution is -2.24. The quantitative estimate of drug-likeness (QED) is 0.405. The van der Waals surface area contributed by atoms with Crippen LogP contribution in [0.5, 0.6) is 11.5 Å². The van der Waals surface area contributed by atoms with Crippen molar-refractivity contribution >= 4 is 34.9 Å². The largest absolute Gasteiger partial charge is 0.490 e. The third-order valence-corrected chi connectivity index (χ3v) is 3.86. The van der Waals surface area contributed by atoms with Crippen molar-refractivity contribution in [2.75, 3.05) is 25.6 Å². The van der Waals surface area contributed by atoms with E-state index < -0.39 is 30.0 Å². The highest BCUT2D eigenvalue weighted by Gasteiger charge is 2.18. The van der Waals surface area contributed by atoms with Gasteiger partial charge in [-0.15, -0.1) is 0 Å². The van der Waals surface area contributed by atoms with Gasteiger partial charge in [-0.1, -0.05) is 23.7 Å². The van der Waals surface area contributed by atoms with Crippen LogP contribution in [0, 0.1) is 17.0 Å². The van der Waals surface area contributed by atoms with E-state index >= 15 is 0 Å². The van der Waals surface area contributed by atoms with Crippen molar-refractivity contribution < 1.29 is 28.7 Å². The summed E-state index contributed by atoms with van der Waals surface area (Å²) in [7, 11) is 1.28. The minimum Gasteiger partial charge on any atom is -0.490 e. The fourth-order valence-corrected chi connectivity index (χ4v) is 2.38. The van der Waals surface area contributed by atoms with Crippen LogP contribution < -0.4 is 14.8 Å². The summed E-state index contributed by atoms with van der Waals surface area (Å²) in [6, 6.07) is 9.21. The molecule has 2 aromatic rings. The van der Waals surface area contributed by atoms with Gasteiger partial charge >= 0.3 is 11.7 Å². The van der Waals surface area contributed by atoms with Crippen LogP contribution in [0.4, 0.5) is 11.4 Å². The maximum atomic E-state index is 12.0. The van der Waals surface area contributed by atoms with Gasteiger partial charge in [0.05, 0.1) is 17.1 Å². The van der Waals surface area contributed by atoms with Crippen LogP contribution in [0.1, 0.15) is 5.56 Å². The van der Waals surface area contributed by atoms with Crippen molar-refractivity contribution in [1.29, 1.82) is 0 Å². The molecule has 0 saturated heterocycles. The third kappa shape index (κ3) is 5.58. The Labute approximate surface area is 165 Å². The molecule has 0 atom stereocenters. The van der Waals surface area contributed by atoms with Crippen molar-refractivity contribution in [3.05, 3.63) is 57.1 Å². The van der Waals surface area contributed by atoms with Gasteiger partial charge in [0.1, 0.15) is 5.75 Å². The third-order valence-electron chi connectivity index (χ3n) is 3.54. The molecule has 1 N–H and O–H groups in total. The number of hydrogen-bond acceptors (Lipinski definition) is 7. The Bertz CT molecular complexity index is 901. The number of carbonyl (C=O) groups is 2. The molecule has 0 spiro atoms. The molecular formula is C18H17ClN2O7. The summed E-state index contributed by atoms with van der Waals surface area (Å²) in [4.78, 5) is 34.1. The topological polar surface area (TPSA) is 117 Å². The first kappa shape index (κ1) is 21.0. The number of methoxy groups -OCH3 is 1. The number of nitro benzene ring substituents is 1. The summed E-state index contributed by atoms with van der Waals surface area (Å²) in [6.45, 7) is 0.621. The molecule has 10 heteroatoms. The molecule has 0 aliphatic rings. The fraction of sp³-hybridized carbons (Fsp3) is 0.222. The molecule has 0 heterocycles. The zero-order valence-corrected chi connectivity index (χ0v) is 15.8. The maximum absolute atomic E-state index is 12.0. The lowest BCUT2D eigenvalue weighted by molar-refractivity contribution is -0.385. The number of rotatable bonds is 8. The number of nitrogens with zero attached hydrogens (tertiary/aromatic N) is 1. The zero-order valence-electron chi connectivity index (χ0n) is 15.1. The number of ether oxygens (including phenoxy) is 3.